The van der Waals surface area contributed by atoms with Gasteiger partial charge in [0, 0.05) is 36.3 Å². The molecule has 0 bridgehead atoms. The lowest BCUT2D eigenvalue weighted by molar-refractivity contribution is 0.196. The van der Waals surface area contributed by atoms with E-state index in [4.69, 9.17) is 0 Å². The Hall–Kier alpha value is -2.04. The van der Waals surface area contributed by atoms with Crippen molar-refractivity contribution in [1.29, 1.82) is 0 Å². The summed E-state index contributed by atoms with van der Waals surface area (Å²) >= 11 is 0. The summed E-state index contributed by atoms with van der Waals surface area (Å²) in [4.78, 5) is 5.00. The lowest BCUT2D eigenvalue weighted by atomic mass is 9.90. The Bertz CT molecular complexity index is 672. The number of para-hydroxylation sites is 2. The monoisotopic (exact) mass is 338 g/mol. The second-order valence-electron chi connectivity index (χ2n) is 7.31. The van der Waals surface area contributed by atoms with Crippen LogP contribution in [0.3, 0.4) is 0 Å². The fourth-order valence-corrected chi connectivity index (χ4v) is 4.45. The molecule has 4 nitrogen and oxygen atoms in total. The largest absolute Gasteiger partial charge is 0.508 e. The van der Waals surface area contributed by atoms with Crippen molar-refractivity contribution in [2.75, 3.05) is 6.67 Å². The minimum atomic E-state index is 0.383. The number of phenolic OH excluding ortho intramolecular Hbond substituents is 2. The molecule has 1 saturated heterocycles. The Labute approximate surface area is 149 Å². The Morgan fingerprint density at radius 2 is 1.16 bits per heavy atom. The number of hydrogen-bond donors (Lipinski definition) is 2. The number of nitrogens with zero attached hydrogens (tertiary/aromatic N) is 2. The third kappa shape index (κ3) is 3.37. The number of phenols is 2. The van der Waals surface area contributed by atoms with Crippen LogP contribution in [0.2, 0.25) is 0 Å². The van der Waals surface area contributed by atoms with E-state index in [0.29, 0.717) is 23.6 Å². The van der Waals surface area contributed by atoms with Gasteiger partial charge < -0.3 is 10.2 Å². The molecule has 1 aliphatic carbocycles. The van der Waals surface area contributed by atoms with E-state index in [9.17, 15) is 10.2 Å². The molecule has 2 fully saturated rings. The highest BCUT2D eigenvalue weighted by Gasteiger charge is 2.41. The van der Waals surface area contributed by atoms with E-state index in [1.807, 2.05) is 36.4 Å². The van der Waals surface area contributed by atoms with Gasteiger partial charge in [-0.25, -0.2) is 0 Å². The van der Waals surface area contributed by atoms with E-state index < -0.39 is 0 Å². The molecule has 2 aromatic rings. The highest BCUT2D eigenvalue weighted by molar-refractivity contribution is 5.33. The lowest BCUT2D eigenvalue weighted by Gasteiger charge is -2.32. The summed E-state index contributed by atoms with van der Waals surface area (Å²) in [5.74, 6) is 0.767. The summed E-state index contributed by atoms with van der Waals surface area (Å²) in [6, 6.07) is 16.4. The van der Waals surface area contributed by atoms with Gasteiger partial charge in [0.2, 0.25) is 0 Å². The zero-order chi connectivity index (χ0) is 17.2. The summed E-state index contributed by atoms with van der Waals surface area (Å²) in [7, 11) is 0. The highest BCUT2D eigenvalue weighted by Crippen LogP contribution is 2.36. The molecule has 0 spiro atoms. The van der Waals surface area contributed by atoms with Crippen LogP contribution < -0.4 is 0 Å². The quantitative estimate of drug-likeness (QED) is 0.893. The number of fused-ring (bicyclic) bond motifs is 1. The van der Waals surface area contributed by atoms with Crippen LogP contribution in [0.15, 0.2) is 48.5 Å². The normalized spacial score (nSPS) is 24.3. The van der Waals surface area contributed by atoms with E-state index in [-0.39, 0.29) is 0 Å². The third-order valence-electron chi connectivity index (χ3n) is 5.73. The summed E-state index contributed by atoms with van der Waals surface area (Å²) in [6.07, 6.45) is 5.00. The van der Waals surface area contributed by atoms with Crippen LogP contribution in [0.1, 0.15) is 36.8 Å². The molecule has 1 saturated carbocycles. The standard InChI is InChI=1S/C21H26N2O2/c24-20-11-5-1-7-16(20)13-22-15-23(19-10-4-3-9-18(19)22)14-17-8-2-6-12-21(17)25/h1-2,5-8,11-12,18-19,24-25H,3-4,9-10,13-15H2/t18-,19+. The third-order valence-corrected chi connectivity index (χ3v) is 5.73. The molecule has 4 rings (SSSR count). The van der Waals surface area contributed by atoms with E-state index >= 15 is 0 Å². The summed E-state index contributed by atoms with van der Waals surface area (Å²) in [6.45, 7) is 2.45. The van der Waals surface area contributed by atoms with Crippen molar-refractivity contribution >= 4 is 0 Å². The summed E-state index contributed by atoms with van der Waals surface area (Å²) in [5, 5.41) is 20.3. The number of aromatic hydroxyl groups is 2. The van der Waals surface area contributed by atoms with Crippen LogP contribution in [0, 0.1) is 0 Å². The molecule has 4 heteroatoms. The van der Waals surface area contributed by atoms with Crippen molar-refractivity contribution in [3.8, 4) is 11.5 Å². The second-order valence-corrected chi connectivity index (χ2v) is 7.31. The molecule has 2 aliphatic rings. The lowest BCUT2D eigenvalue weighted by Crippen LogP contribution is -2.39. The molecule has 2 atom stereocenters. The average Bonchev–Trinajstić information content (AvgIpc) is 2.97. The van der Waals surface area contributed by atoms with Crippen molar-refractivity contribution in [3.05, 3.63) is 59.7 Å². The molecule has 2 N–H and O–H groups in total. The first kappa shape index (κ1) is 16.4. The topological polar surface area (TPSA) is 46.9 Å². The van der Waals surface area contributed by atoms with Crippen LogP contribution in [0.25, 0.3) is 0 Å². The highest BCUT2D eigenvalue weighted by atomic mass is 16.3. The van der Waals surface area contributed by atoms with Gasteiger partial charge in [-0.05, 0) is 25.0 Å². The smallest absolute Gasteiger partial charge is 0.120 e. The fraction of sp³-hybridized carbons (Fsp3) is 0.429. The molecular weight excluding hydrogens is 312 g/mol. The SMILES string of the molecule is Oc1ccccc1CN1CN(Cc2ccccc2O)[C@H]2CCCC[C@H]21. The number of hydrogen-bond acceptors (Lipinski definition) is 4. The van der Waals surface area contributed by atoms with Crippen molar-refractivity contribution < 1.29 is 10.2 Å². The van der Waals surface area contributed by atoms with Crippen LogP contribution >= 0.6 is 0 Å². The van der Waals surface area contributed by atoms with E-state index in [2.05, 4.69) is 9.80 Å². The van der Waals surface area contributed by atoms with E-state index in [1.165, 1.54) is 25.7 Å². The molecule has 1 aliphatic heterocycles. The van der Waals surface area contributed by atoms with Crippen LogP contribution in [0.4, 0.5) is 0 Å². The van der Waals surface area contributed by atoms with E-state index in [0.717, 1.165) is 30.9 Å². The van der Waals surface area contributed by atoms with Gasteiger partial charge >= 0.3 is 0 Å². The predicted molar refractivity (Wildman–Crippen MR) is 98.2 cm³/mol. The molecule has 1 heterocycles. The van der Waals surface area contributed by atoms with Gasteiger partial charge in [-0.2, -0.15) is 0 Å². The molecule has 25 heavy (non-hydrogen) atoms. The van der Waals surface area contributed by atoms with Gasteiger partial charge in [0.25, 0.3) is 0 Å². The molecule has 132 valence electrons. The average molecular weight is 338 g/mol. The minimum Gasteiger partial charge on any atom is -0.508 e. The first-order valence-electron chi connectivity index (χ1n) is 9.24. The summed E-state index contributed by atoms with van der Waals surface area (Å²) < 4.78 is 0. The molecule has 0 unspecified atom stereocenters. The zero-order valence-electron chi connectivity index (χ0n) is 14.5. The van der Waals surface area contributed by atoms with Gasteiger partial charge in [-0.15, -0.1) is 0 Å². The number of rotatable bonds is 4. The van der Waals surface area contributed by atoms with Gasteiger partial charge in [0.15, 0.2) is 0 Å². The number of benzene rings is 2. The predicted octanol–water partition coefficient (Wildman–Crippen LogP) is 3.68. The Kier molecular flexibility index (Phi) is 4.64. The van der Waals surface area contributed by atoms with Gasteiger partial charge in [0.1, 0.15) is 11.5 Å². The Balaban J connectivity index is 1.53. The molecule has 2 aromatic carbocycles. The Morgan fingerprint density at radius 3 is 1.60 bits per heavy atom. The Morgan fingerprint density at radius 1 is 0.720 bits per heavy atom. The molecule has 0 aromatic heterocycles. The van der Waals surface area contributed by atoms with Crippen molar-refractivity contribution in [1.82, 2.24) is 9.80 Å². The molecule has 0 amide bonds. The van der Waals surface area contributed by atoms with Gasteiger partial charge in [0.05, 0.1) is 6.67 Å². The van der Waals surface area contributed by atoms with Crippen LogP contribution in [0.5, 0.6) is 11.5 Å². The fourth-order valence-electron chi connectivity index (χ4n) is 4.45. The van der Waals surface area contributed by atoms with Crippen molar-refractivity contribution in [2.24, 2.45) is 0 Å². The maximum atomic E-state index is 10.1. The van der Waals surface area contributed by atoms with Crippen LogP contribution in [-0.4, -0.2) is 38.8 Å². The first-order chi connectivity index (χ1) is 12.2. The van der Waals surface area contributed by atoms with Crippen molar-refractivity contribution in [2.45, 2.75) is 50.9 Å². The summed E-state index contributed by atoms with van der Waals surface area (Å²) in [5.41, 5.74) is 1.99. The van der Waals surface area contributed by atoms with Crippen LogP contribution in [-0.2, 0) is 13.1 Å². The second kappa shape index (κ2) is 7.06. The molecule has 0 radical (unpaired) electrons. The van der Waals surface area contributed by atoms with Crippen molar-refractivity contribution in [3.63, 3.8) is 0 Å². The minimum absolute atomic E-state index is 0.383. The maximum absolute atomic E-state index is 10.1. The van der Waals surface area contributed by atoms with Gasteiger partial charge in [-0.1, -0.05) is 49.2 Å². The maximum Gasteiger partial charge on any atom is 0.120 e. The van der Waals surface area contributed by atoms with E-state index in [1.54, 1.807) is 12.1 Å². The zero-order valence-corrected chi connectivity index (χ0v) is 14.5. The van der Waals surface area contributed by atoms with Gasteiger partial charge in [-0.3, -0.25) is 9.80 Å². The first-order valence-corrected chi connectivity index (χ1v) is 9.24. The molecular formula is C21H26N2O2.